The predicted molar refractivity (Wildman–Crippen MR) is 47.6 cm³/mol. The molecule has 3 nitrogen and oxygen atoms in total. The van der Waals surface area contributed by atoms with Crippen LogP contribution in [-0.2, 0) is 0 Å². The van der Waals surface area contributed by atoms with Crippen LogP contribution >= 0.6 is 0 Å². The number of hydrogen-bond donors (Lipinski definition) is 3. The quantitative estimate of drug-likeness (QED) is 0.567. The topological polar surface area (TPSA) is 66.5 Å². The Hall–Kier alpha value is -0.120. The maximum Gasteiger partial charge on any atom is 0.0592 e. The Bertz CT molecular complexity index is 130. The van der Waals surface area contributed by atoms with Crippen molar-refractivity contribution in [3.63, 3.8) is 0 Å². The van der Waals surface area contributed by atoms with Gasteiger partial charge in [-0.3, -0.25) is 0 Å². The van der Waals surface area contributed by atoms with Crippen LogP contribution in [0.3, 0.4) is 0 Å². The first kappa shape index (κ1) is 9.96. The third kappa shape index (κ3) is 2.44. The van der Waals surface area contributed by atoms with E-state index < -0.39 is 0 Å². The van der Waals surface area contributed by atoms with Crippen molar-refractivity contribution in [3.05, 3.63) is 0 Å². The van der Waals surface area contributed by atoms with Crippen LogP contribution in [0.15, 0.2) is 0 Å². The molecular formula is C9H19NO2. The molecule has 1 aliphatic rings. The molecular weight excluding hydrogens is 154 g/mol. The molecule has 0 spiro atoms. The average molecular weight is 173 g/mol. The van der Waals surface area contributed by atoms with Crippen molar-refractivity contribution in [2.75, 3.05) is 13.2 Å². The fourth-order valence-corrected chi connectivity index (χ4v) is 2.00. The van der Waals surface area contributed by atoms with Gasteiger partial charge >= 0.3 is 0 Å². The van der Waals surface area contributed by atoms with Crippen LogP contribution in [0, 0.1) is 11.8 Å². The maximum atomic E-state index is 9.57. The van der Waals surface area contributed by atoms with Gasteiger partial charge in [0.2, 0.25) is 0 Å². The second kappa shape index (κ2) is 4.80. The standard InChI is InChI=1S/C9H19NO2/c10-4-3-7-1-2-8(6-11)9(12)5-7/h7-9,11-12H,1-6,10H2. The molecule has 0 saturated heterocycles. The van der Waals surface area contributed by atoms with Crippen LogP contribution in [0.25, 0.3) is 0 Å². The van der Waals surface area contributed by atoms with E-state index >= 15 is 0 Å². The molecule has 0 bridgehead atoms. The van der Waals surface area contributed by atoms with Crippen LogP contribution in [0.5, 0.6) is 0 Å². The molecule has 0 aromatic heterocycles. The summed E-state index contributed by atoms with van der Waals surface area (Å²) in [7, 11) is 0. The average Bonchev–Trinajstić information content (AvgIpc) is 2.05. The van der Waals surface area contributed by atoms with Crippen LogP contribution in [0.2, 0.25) is 0 Å². The summed E-state index contributed by atoms with van der Waals surface area (Å²) in [6.07, 6.45) is 3.58. The Kier molecular flexibility index (Phi) is 3.98. The summed E-state index contributed by atoms with van der Waals surface area (Å²) >= 11 is 0. The van der Waals surface area contributed by atoms with Crippen LogP contribution in [0.4, 0.5) is 0 Å². The van der Waals surface area contributed by atoms with Crippen LogP contribution < -0.4 is 5.73 Å². The molecule has 72 valence electrons. The SMILES string of the molecule is NCCC1CCC(CO)C(O)C1. The molecule has 3 heteroatoms. The molecule has 12 heavy (non-hydrogen) atoms. The molecule has 0 aliphatic heterocycles. The van der Waals surface area contributed by atoms with Gasteiger partial charge in [0.15, 0.2) is 0 Å². The van der Waals surface area contributed by atoms with Gasteiger partial charge in [0, 0.05) is 12.5 Å². The smallest absolute Gasteiger partial charge is 0.0592 e. The van der Waals surface area contributed by atoms with Crippen molar-refractivity contribution < 1.29 is 10.2 Å². The van der Waals surface area contributed by atoms with E-state index in [1.165, 1.54) is 0 Å². The van der Waals surface area contributed by atoms with E-state index in [4.69, 9.17) is 10.8 Å². The zero-order valence-corrected chi connectivity index (χ0v) is 7.45. The Labute approximate surface area is 73.6 Å². The molecule has 1 rings (SSSR count). The van der Waals surface area contributed by atoms with E-state index in [9.17, 15) is 5.11 Å². The largest absolute Gasteiger partial charge is 0.396 e. The van der Waals surface area contributed by atoms with Crippen molar-refractivity contribution in [3.8, 4) is 0 Å². The number of aliphatic hydroxyl groups is 2. The number of rotatable bonds is 3. The Morgan fingerprint density at radius 2 is 2.08 bits per heavy atom. The summed E-state index contributed by atoms with van der Waals surface area (Å²) in [4.78, 5) is 0. The fraction of sp³-hybridized carbons (Fsp3) is 1.00. The molecule has 0 heterocycles. The van der Waals surface area contributed by atoms with Crippen molar-refractivity contribution >= 4 is 0 Å². The number of nitrogens with two attached hydrogens (primary N) is 1. The minimum absolute atomic E-state index is 0.110. The van der Waals surface area contributed by atoms with Crippen LogP contribution in [0.1, 0.15) is 25.7 Å². The van der Waals surface area contributed by atoms with E-state index in [1.807, 2.05) is 0 Å². The molecule has 0 aromatic rings. The summed E-state index contributed by atoms with van der Waals surface area (Å²) in [6, 6.07) is 0. The van der Waals surface area contributed by atoms with E-state index in [0.717, 1.165) is 25.7 Å². The highest BCUT2D eigenvalue weighted by Crippen LogP contribution is 2.30. The number of hydrogen-bond acceptors (Lipinski definition) is 3. The van der Waals surface area contributed by atoms with Crippen molar-refractivity contribution in [1.82, 2.24) is 0 Å². The number of aliphatic hydroxyl groups excluding tert-OH is 2. The van der Waals surface area contributed by atoms with E-state index in [1.54, 1.807) is 0 Å². The molecule has 1 aliphatic carbocycles. The minimum Gasteiger partial charge on any atom is -0.396 e. The summed E-state index contributed by atoms with van der Waals surface area (Å²) < 4.78 is 0. The molecule has 1 fully saturated rings. The predicted octanol–water partition coefficient (Wildman–Crippen LogP) is 0.105. The molecule has 0 amide bonds. The normalized spacial score (nSPS) is 36.8. The van der Waals surface area contributed by atoms with E-state index in [0.29, 0.717) is 12.5 Å². The Balaban J connectivity index is 2.30. The van der Waals surface area contributed by atoms with Gasteiger partial charge in [-0.1, -0.05) is 0 Å². The first-order valence-corrected chi connectivity index (χ1v) is 4.77. The van der Waals surface area contributed by atoms with Gasteiger partial charge in [0.25, 0.3) is 0 Å². The molecule has 0 radical (unpaired) electrons. The van der Waals surface area contributed by atoms with E-state index in [-0.39, 0.29) is 18.6 Å². The zero-order valence-electron chi connectivity index (χ0n) is 7.45. The zero-order chi connectivity index (χ0) is 8.97. The molecule has 3 atom stereocenters. The van der Waals surface area contributed by atoms with Gasteiger partial charge in [-0.05, 0) is 38.1 Å². The summed E-state index contributed by atoms with van der Waals surface area (Å²) in [5.74, 6) is 0.687. The van der Waals surface area contributed by atoms with Gasteiger partial charge in [-0.25, -0.2) is 0 Å². The second-order valence-corrected chi connectivity index (χ2v) is 3.77. The van der Waals surface area contributed by atoms with E-state index in [2.05, 4.69) is 0 Å². The lowest BCUT2D eigenvalue weighted by atomic mass is 9.79. The van der Waals surface area contributed by atoms with Crippen molar-refractivity contribution in [2.45, 2.75) is 31.8 Å². The van der Waals surface area contributed by atoms with Crippen molar-refractivity contribution in [1.29, 1.82) is 0 Å². The lowest BCUT2D eigenvalue weighted by Crippen LogP contribution is -2.32. The molecule has 0 aromatic carbocycles. The van der Waals surface area contributed by atoms with Crippen molar-refractivity contribution in [2.24, 2.45) is 17.6 Å². The van der Waals surface area contributed by atoms with Gasteiger partial charge in [-0.15, -0.1) is 0 Å². The van der Waals surface area contributed by atoms with Gasteiger partial charge < -0.3 is 15.9 Å². The third-order valence-corrected chi connectivity index (χ3v) is 2.87. The first-order valence-electron chi connectivity index (χ1n) is 4.77. The highest BCUT2D eigenvalue weighted by molar-refractivity contribution is 4.79. The summed E-state index contributed by atoms with van der Waals surface area (Å²) in [6.45, 7) is 0.831. The highest BCUT2D eigenvalue weighted by atomic mass is 16.3. The molecule has 4 N–H and O–H groups in total. The Morgan fingerprint density at radius 1 is 1.33 bits per heavy atom. The highest BCUT2D eigenvalue weighted by Gasteiger charge is 2.27. The summed E-state index contributed by atoms with van der Waals surface area (Å²) in [5.41, 5.74) is 5.44. The monoisotopic (exact) mass is 173 g/mol. The van der Waals surface area contributed by atoms with Gasteiger partial charge in [0.05, 0.1) is 6.10 Å². The Morgan fingerprint density at radius 3 is 2.58 bits per heavy atom. The third-order valence-electron chi connectivity index (χ3n) is 2.87. The lowest BCUT2D eigenvalue weighted by Gasteiger charge is -2.31. The molecule has 1 saturated carbocycles. The fourth-order valence-electron chi connectivity index (χ4n) is 2.00. The van der Waals surface area contributed by atoms with Crippen LogP contribution in [-0.4, -0.2) is 29.5 Å². The second-order valence-electron chi connectivity index (χ2n) is 3.77. The minimum atomic E-state index is -0.305. The maximum absolute atomic E-state index is 9.57. The summed E-state index contributed by atoms with van der Waals surface area (Å²) in [5, 5.41) is 18.5. The van der Waals surface area contributed by atoms with Gasteiger partial charge in [0.1, 0.15) is 0 Å². The molecule has 3 unspecified atom stereocenters. The lowest BCUT2D eigenvalue weighted by molar-refractivity contribution is 0.0147. The first-order chi connectivity index (χ1) is 5.77. The van der Waals surface area contributed by atoms with Gasteiger partial charge in [-0.2, -0.15) is 0 Å².